The number of benzene rings is 3. The summed E-state index contributed by atoms with van der Waals surface area (Å²) < 4.78 is 66.7. The molecule has 0 aliphatic carbocycles. The number of para-hydroxylation sites is 1. The third-order valence-corrected chi connectivity index (χ3v) is 10.4. The molecule has 250 valence electrons. The fourth-order valence-corrected chi connectivity index (χ4v) is 8.00. The zero-order chi connectivity index (χ0) is 32.5. The number of nitro benzene ring substituents is 1. The highest BCUT2D eigenvalue weighted by Crippen LogP contribution is 2.36. The van der Waals surface area contributed by atoms with Gasteiger partial charge < -0.3 is 38.8 Å². The van der Waals surface area contributed by atoms with Gasteiger partial charge in [0, 0.05) is 6.07 Å². The quantitative estimate of drug-likeness (QED) is 0.188. The Morgan fingerprint density at radius 2 is 1.30 bits per heavy atom. The van der Waals surface area contributed by atoms with Crippen molar-refractivity contribution < 1.29 is 46.9 Å². The number of nitrogens with one attached hydrogen (secondary N) is 2. The van der Waals surface area contributed by atoms with Gasteiger partial charge in [0.15, 0.2) is 17.5 Å². The molecule has 4 heterocycles. The van der Waals surface area contributed by atoms with Crippen molar-refractivity contribution in [3.63, 3.8) is 0 Å². The summed E-state index contributed by atoms with van der Waals surface area (Å²) in [6.07, 6.45) is -5.85. The predicted octanol–water partition coefficient (Wildman–Crippen LogP) is 1.61. The molecule has 0 saturated carbocycles. The van der Waals surface area contributed by atoms with E-state index >= 15 is 0 Å². The summed E-state index contributed by atoms with van der Waals surface area (Å²) in [4.78, 5) is 10.5. The van der Waals surface area contributed by atoms with Gasteiger partial charge in [-0.15, -0.1) is 0 Å². The van der Waals surface area contributed by atoms with Gasteiger partial charge in [-0.2, -0.15) is 0 Å². The Bertz CT molecular complexity index is 1650. The summed E-state index contributed by atoms with van der Waals surface area (Å²) in [5.74, 6) is 0. The summed E-state index contributed by atoms with van der Waals surface area (Å²) in [7, 11) is -4.46. The summed E-state index contributed by atoms with van der Waals surface area (Å²) in [6, 6.07) is 21.4. The van der Waals surface area contributed by atoms with Crippen molar-refractivity contribution in [2.75, 3.05) is 13.2 Å². The van der Waals surface area contributed by atoms with Gasteiger partial charge in [0.2, 0.25) is 10.0 Å². The Labute approximate surface area is 271 Å². The number of ether oxygens (including phenoxy) is 6. The van der Waals surface area contributed by atoms with Crippen LogP contribution < -0.4 is 10.0 Å². The van der Waals surface area contributed by atoms with Gasteiger partial charge in [-0.3, -0.25) is 10.1 Å². The molecular formula is C32H35N3O11S. The fraction of sp³-hybridized carbons (Fsp3) is 0.438. The topological polar surface area (TPSA) is 177 Å². The minimum Gasteiger partial charge on any atom is -0.388 e. The zero-order valence-electron chi connectivity index (χ0n) is 25.1. The summed E-state index contributed by atoms with van der Waals surface area (Å²) in [6.45, 7) is 0.570. The highest BCUT2D eigenvalue weighted by atomic mass is 32.2. The summed E-state index contributed by atoms with van der Waals surface area (Å²) in [5, 5.41) is 26.9. The van der Waals surface area contributed by atoms with Gasteiger partial charge >= 0.3 is 0 Å². The van der Waals surface area contributed by atoms with Crippen LogP contribution in [0.1, 0.15) is 11.1 Å². The van der Waals surface area contributed by atoms with E-state index in [0.717, 1.165) is 17.2 Å². The molecule has 4 fully saturated rings. The van der Waals surface area contributed by atoms with Gasteiger partial charge in [0.05, 0.1) is 49.5 Å². The third kappa shape index (κ3) is 6.69. The van der Waals surface area contributed by atoms with Crippen LogP contribution in [0.2, 0.25) is 0 Å². The minimum atomic E-state index is -4.46. The normalized spacial score (nSPS) is 33.1. The van der Waals surface area contributed by atoms with E-state index in [9.17, 15) is 23.6 Å². The maximum absolute atomic E-state index is 13.8. The van der Waals surface area contributed by atoms with Crippen LogP contribution in [0.4, 0.5) is 5.69 Å². The van der Waals surface area contributed by atoms with Crippen LogP contribution in [0.5, 0.6) is 0 Å². The molecule has 0 aromatic heterocycles. The molecule has 4 bridgehead atoms. The molecule has 0 radical (unpaired) electrons. The largest absolute Gasteiger partial charge is 0.388 e. The van der Waals surface area contributed by atoms with Crippen LogP contribution in [0.3, 0.4) is 0 Å². The average molecular weight is 670 g/mol. The highest BCUT2D eigenvalue weighted by molar-refractivity contribution is 7.89. The first-order chi connectivity index (χ1) is 22.8. The minimum absolute atomic E-state index is 0.0409. The lowest BCUT2D eigenvalue weighted by Crippen LogP contribution is -2.71. The van der Waals surface area contributed by atoms with E-state index in [2.05, 4.69) is 10.0 Å². The van der Waals surface area contributed by atoms with Gasteiger partial charge in [-0.1, -0.05) is 72.8 Å². The number of aliphatic hydroxyl groups excluding tert-OH is 1. The van der Waals surface area contributed by atoms with E-state index in [0.29, 0.717) is 0 Å². The molecule has 0 spiro atoms. The molecule has 3 aromatic rings. The van der Waals surface area contributed by atoms with E-state index in [1.165, 1.54) is 18.2 Å². The standard InChI is InChI=1S/C32H35N3O11S/c36-28-26(23-18-44-32(46-23)30(28)42-16-20-11-5-2-6-12-20)33-27-25(34-47(39,40)24-14-8-7-13-21(24)35(37)38)22-17-43-31(45-22)29(27)41-15-19-9-3-1-4-10-19/h1-14,22-23,25-34,36H,15-18H2/t22-,23-,25-,26-,27+,28+,29-,30-,31-,32-/m1/s1. The monoisotopic (exact) mass is 669 g/mol. The Balaban J connectivity index is 1.19. The maximum Gasteiger partial charge on any atom is 0.289 e. The van der Waals surface area contributed by atoms with Crippen LogP contribution in [-0.4, -0.2) is 92.9 Å². The van der Waals surface area contributed by atoms with Crippen LogP contribution >= 0.6 is 0 Å². The lowest BCUT2D eigenvalue weighted by Gasteiger charge is -2.46. The van der Waals surface area contributed by atoms with Crippen molar-refractivity contribution in [2.45, 2.75) is 79.3 Å². The fourth-order valence-electron chi connectivity index (χ4n) is 6.54. The lowest BCUT2D eigenvalue weighted by molar-refractivity contribution is -0.387. The number of rotatable bonds is 12. The van der Waals surface area contributed by atoms with Crippen molar-refractivity contribution in [1.82, 2.24) is 10.0 Å². The predicted molar refractivity (Wildman–Crippen MR) is 163 cm³/mol. The Hall–Kier alpha value is -3.35. The zero-order valence-corrected chi connectivity index (χ0v) is 25.9. The molecule has 10 atom stereocenters. The molecule has 3 N–H and O–H groups in total. The van der Waals surface area contributed by atoms with Gasteiger partial charge in [-0.05, 0) is 17.2 Å². The second kappa shape index (κ2) is 13.6. The highest BCUT2D eigenvalue weighted by Gasteiger charge is 2.57. The van der Waals surface area contributed by atoms with Crippen molar-refractivity contribution in [3.05, 3.63) is 106 Å². The first kappa shape index (κ1) is 32.2. The van der Waals surface area contributed by atoms with Crippen LogP contribution in [0.15, 0.2) is 89.8 Å². The number of nitro groups is 1. The number of hydrogen-bond acceptors (Lipinski definition) is 12. The Morgan fingerprint density at radius 1 is 0.766 bits per heavy atom. The maximum atomic E-state index is 13.8. The molecule has 7 rings (SSSR count). The van der Waals surface area contributed by atoms with Crippen molar-refractivity contribution in [3.8, 4) is 0 Å². The third-order valence-electron chi connectivity index (χ3n) is 8.85. The number of aliphatic hydroxyl groups is 1. The van der Waals surface area contributed by atoms with Gasteiger partial charge in [-0.25, -0.2) is 13.1 Å². The first-order valence-corrected chi connectivity index (χ1v) is 16.8. The molecule has 0 amide bonds. The molecule has 4 aliphatic rings. The molecule has 15 heteroatoms. The summed E-state index contributed by atoms with van der Waals surface area (Å²) >= 11 is 0. The molecular weight excluding hydrogens is 634 g/mol. The van der Waals surface area contributed by atoms with E-state index in [1.54, 1.807) is 0 Å². The van der Waals surface area contributed by atoms with Crippen LogP contribution in [0.25, 0.3) is 0 Å². The molecule has 4 saturated heterocycles. The van der Waals surface area contributed by atoms with Gasteiger partial charge in [0.25, 0.3) is 5.69 Å². The average Bonchev–Trinajstić information content (AvgIpc) is 3.72. The Morgan fingerprint density at radius 3 is 1.91 bits per heavy atom. The van der Waals surface area contributed by atoms with Crippen LogP contribution in [0, 0.1) is 10.1 Å². The number of sulfonamides is 1. The number of nitrogens with zero attached hydrogens (tertiary/aromatic N) is 1. The van der Waals surface area contributed by atoms with Crippen LogP contribution in [-0.2, 0) is 51.7 Å². The van der Waals surface area contributed by atoms with E-state index in [-0.39, 0.29) is 26.4 Å². The van der Waals surface area contributed by atoms with E-state index in [4.69, 9.17) is 28.4 Å². The second-order valence-electron chi connectivity index (χ2n) is 11.9. The SMILES string of the molecule is O=[N+]([O-])c1ccccc1S(=O)(=O)N[C@H]1[C@H](N[C@H]2[C@H](O)[C@@H](OCc3ccccc3)[C@@H]3OC[C@H]2O3)[C@@H](OCc2ccccc2)[C@@H]2OC[C@H]1O2. The molecule has 0 unspecified atom stereocenters. The molecule has 47 heavy (non-hydrogen) atoms. The number of hydrogen-bond donors (Lipinski definition) is 3. The van der Waals surface area contributed by atoms with Crippen molar-refractivity contribution >= 4 is 15.7 Å². The molecule has 4 aliphatic heterocycles. The molecule has 3 aromatic carbocycles. The van der Waals surface area contributed by atoms with E-state index < -0.39 is 86.8 Å². The van der Waals surface area contributed by atoms with E-state index in [1.807, 2.05) is 60.7 Å². The molecule has 14 nitrogen and oxygen atoms in total. The smallest absolute Gasteiger partial charge is 0.289 e. The number of fused-ring (bicyclic) bond motifs is 4. The van der Waals surface area contributed by atoms with Gasteiger partial charge in [0.1, 0.15) is 30.5 Å². The Kier molecular flexibility index (Phi) is 9.35. The van der Waals surface area contributed by atoms with Crippen molar-refractivity contribution in [2.24, 2.45) is 0 Å². The lowest BCUT2D eigenvalue weighted by atomic mass is 9.91. The van der Waals surface area contributed by atoms with Crippen molar-refractivity contribution in [1.29, 1.82) is 0 Å². The second-order valence-corrected chi connectivity index (χ2v) is 13.5. The summed E-state index contributed by atoms with van der Waals surface area (Å²) in [5.41, 5.74) is 1.20. The first-order valence-electron chi connectivity index (χ1n) is 15.3.